The van der Waals surface area contributed by atoms with Crippen LogP contribution in [0.2, 0.25) is 0 Å². The number of aromatic nitrogens is 2. The Morgan fingerprint density at radius 1 is 1.07 bits per heavy atom. The zero-order valence-corrected chi connectivity index (χ0v) is 16.9. The lowest BCUT2D eigenvalue weighted by Gasteiger charge is -2.14. The summed E-state index contributed by atoms with van der Waals surface area (Å²) in [5, 5.41) is 6.13. The Morgan fingerprint density at radius 3 is 2.62 bits per heavy atom. The van der Waals surface area contributed by atoms with Crippen molar-refractivity contribution in [3.05, 3.63) is 65.6 Å². The zero-order chi connectivity index (χ0) is 20.8. The van der Waals surface area contributed by atoms with Crippen molar-refractivity contribution in [2.45, 2.75) is 20.3 Å². The highest BCUT2D eigenvalue weighted by molar-refractivity contribution is 6.04. The van der Waals surface area contributed by atoms with Gasteiger partial charge in [0.05, 0.1) is 19.9 Å². The number of aryl methyl sites for hydroxylation is 2. The third kappa shape index (κ3) is 4.63. The molecule has 3 rings (SSSR count). The molecule has 1 amide bonds. The van der Waals surface area contributed by atoms with E-state index in [4.69, 9.17) is 9.47 Å². The maximum atomic E-state index is 12.8. The maximum absolute atomic E-state index is 12.8. The number of amides is 1. The van der Waals surface area contributed by atoms with Gasteiger partial charge in [0.2, 0.25) is 0 Å². The van der Waals surface area contributed by atoms with Gasteiger partial charge in [0, 0.05) is 17.8 Å². The van der Waals surface area contributed by atoms with Crippen molar-refractivity contribution in [2.75, 3.05) is 24.9 Å². The van der Waals surface area contributed by atoms with Crippen LogP contribution in [-0.4, -0.2) is 30.1 Å². The average molecular weight is 392 g/mol. The second-order valence-electron chi connectivity index (χ2n) is 6.40. The molecule has 1 heterocycles. The fraction of sp³-hybridized carbons (Fsp3) is 0.227. The molecular formula is C22H24N4O3. The number of nitrogens with one attached hydrogen (secondary N) is 2. The van der Waals surface area contributed by atoms with Gasteiger partial charge in [-0.05, 0) is 36.6 Å². The van der Waals surface area contributed by atoms with Gasteiger partial charge in [0.1, 0.15) is 29.3 Å². The van der Waals surface area contributed by atoms with Gasteiger partial charge in [-0.2, -0.15) is 0 Å². The van der Waals surface area contributed by atoms with Crippen LogP contribution >= 0.6 is 0 Å². The molecule has 0 saturated carbocycles. The number of carbonyl (C=O) groups excluding carboxylic acids is 1. The van der Waals surface area contributed by atoms with E-state index in [0.717, 1.165) is 23.2 Å². The predicted octanol–water partition coefficient (Wildman–Crippen LogP) is 4.36. The minimum Gasteiger partial charge on any atom is -0.497 e. The summed E-state index contributed by atoms with van der Waals surface area (Å²) >= 11 is 0. The highest BCUT2D eigenvalue weighted by atomic mass is 16.5. The number of hydrogen-bond acceptors (Lipinski definition) is 6. The molecule has 7 nitrogen and oxygen atoms in total. The van der Waals surface area contributed by atoms with E-state index in [1.807, 2.05) is 25.1 Å². The van der Waals surface area contributed by atoms with Crippen LogP contribution in [0, 0.1) is 6.92 Å². The first-order chi connectivity index (χ1) is 14.0. The molecular weight excluding hydrogens is 368 g/mol. The maximum Gasteiger partial charge on any atom is 0.274 e. The molecule has 0 saturated heterocycles. The van der Waals surface area contributed by atoms with Crippen molar-refractivity contribution in [3.8, 4) is 11.5 Å². The SMILES string of the molecule is CCc1cccc(C)c1NC(=O)c1cc(Nc2cc(OC)ccc2OC)ncn1. The molecule has 0 atom stereocenters. The molecule has 0 spiro atoms. The van der Waals surface area contributed by atoms with Crippen LogP contribution in [0.25, 0.3) is 0 Å². The van der Waals surface area contributed by atoms with E-state index in [0.29, 0.717) is 23.0 Å². The molecule has 0 aliphatic carbocycles. The highest BCUT2D eigenvalue weighted by Crippen LogP contribution is 2.31. The normalized spacial score (nSPS) is 10.3. The number of benzene rings is 2. The summed E-state index contributed by atoms with van der Waals surface area (Å²) in [4.78, 5) is 21.1. The summed E-state index contributed by atoms with van der Waals surface area (Å²) in [5.74, 6) is 1.48. The van der Waals surface area contributed by atoms with Gasteiger partial charge < -0.3 is 20.1 Å². The van der Waals surface area contributed by atoms with E-state index in [9.17, 15) is 4.79 Å². The number of anilines is 3. The number of hydrogen-bond donors (Lipinski definition) is 2. The van der Waals surface area contributed by atoms with E-state index >= 15 is 0 Å². The third-order valence-electron chi connectivity index (χ3n) is 4.55. The molecule has 3 aromatic rings. The number of nitrogens with zero attached hydrogens (tertiary/aromatic N) is 2. The number of methoxy groups -OCH3 is 2. The first-order valence-electron chi connectivity index (χ1n) is 9.26. The van der Waals surface area contributed by atoms with Crippen LogP contribution in [0.1, 0.15) is 28.5 Å². The lowest BCUT2D eigenvalue weighted by Crippen LogP contribution is -2.16. The number of para-hydroxylation sites is 1. The summed E-state index contributed by atoms with van der Waals surface area (Å²) in [6.45, 7) is 4.02. The Balaban J connectivity index is 1.84. The smallest absolute Gasteiger partial charge is 0.274 e. The fourth-order valence-corrected chi connectivity index (χ4v) is 2.98. The van der Waals surface area contributed by atoms with E-state index in [1.165, 1.54) is 6.33 Å². The van der Waals surface area contributed by atoms with Crippen molar-refractivity contribution in [3.63, 3.8) is 0 Å². The quantitative estimate of drug-likeness (QED) is 0.621. The Hall–Kier alpha value is -3.61. The zero-order valence-electron chi connectivity index (χ0n) is 16.9. The van der Waals surface area contributed by atoms with Crippen LogP contribution in [0.15, 0.2) is 48.8 Å². The van der Waals surface area contributed by atoms with Crippen LogP contribution in [0.3, 0.4) is 0 Å². The minimum atomic E-state index is -0.294. The summed E-state index contributed by atoms with van der Waals surface area (Å²) in [6, 6.07) is 12.9. The van der Waals surface area contributed by atoms with E-state index in [2.05, 4.69) is 27.5 Å². The van der Waals surface area contributed by atoms with E-state index in [1.54, 1.807) is 38.5 Å². The molecule has 7 heteroatoms. The molecule has 0 radical (unpaired) electrons. The van der Waals surface area contributed by atoms with Gasteiger partial charge in [0.25, 0.3) is 5.91 Å². The molecule has 0 bridgehead atoms. The third-order valence-corrected chi connectivity index (χ3v) is 4.55. The van der Waals surface area contributed by atoms with E-state index < -0.39 is 0 Å². The van der Waals surface area contributed by atoms with Gasteiger partial charge in [-0.3, -0.25) is 4.79 Å². The first kappa shape index (κ1) is 20.1. The molecule has 150 valence electrons. The molecule has 29 heavy (non-hydrogen) atoms. The molecule has 2 aromatic carbocycles. The van der Waals surface area contributed by atoms with Crippen molar-refractivity contribution < 1.29 is 14.3 Å². The van der Waals surface area contributed by atoms with Gasteiger partial charge in [-0.25, -0.2) is 9.97 Å². The summed E-state index contributed by atoms with van der Waals surface area (Å²) in [7, 11) is 3.17. The molecule has 0 fully saturated rings. The van der Waals surface area contributed by atoms with Crippen molar-refractivity contribution in [1.82, 2.24) is 9.97 Å². The Morgan fingerprint density at radius 2 is 1.90 bits per heavy atom. The average Bonchev–Trinajstić information content (AvgIpc) is 2.75. The predicted molar refractivity (Wildman–Crippen MR) is 113 cm³/mol. The first-order valence-corrected chi connectivity index (χ1v) is 9.26. The topological polar surface area (TPSA) is 85.4 Å². The largest absolute Gasteiger partial charge is 0.497 e. The minimum absolute atomic E-state index is 0.259. The van der Waals surface area contributed by atoms with Gasteiger partial charge in [-0.1, -0.05) is 25.1 Å². The Labute approximate surface area is 170 Å². The van der Waals surface area contributed by atoms with Crippen molar-refractivity contribution >= 4 is 23.1 Å². The monoisotopic (exact) mass is 392 g/mol. The second kappa shape index (κ2) is 9.05. The van der Waals surface area contributed by atoms with Crippen molar-refractivity contribution in [1.29, 1.82) is 0 Å². The van der Waals surface area contributed by atoms with Crippen LogP contribution < -0.4 is 20.1 Å². The van der Waals surface area contributed by atoms with Gasteiger partial charge in [-0.15, -0.1) is 0 Å². The van der Waals surface area contributed by atoms with Crippen LogP contribution in [0.5, 0.6) is 11.5 Å². The van der Waals surface area contributed by atoms with Crippen LogP contribution in [0.4, 0.5) is 17.2 Å². The van der Waals surface area contributed by atoms with Crippen LogP contribution in [-0.2, 0) is 6.42 Å². The molecule has 2 N–H and O–H groups in total. The number of carbonyl (C=O) groups is 1. The van der Waals surface area contributed by atoms with E-state index in [-0.39, 0.29) is 11.6 Å². The van der Waals surface area contributed by atoms with Gasteiger partial charge >= 0.3 is 0 Å². The summed E-state index contributed by atoms with van der Waals surface area (Å²) in [5.41, 5.74) is 3.83. The summed E-state index contributed by atoms with van der Waals surface area (Å²) < 4.78 is 10.6. The number of rotatable bonds is 7. The lowest BCUT2D eigenvalue weighted by molar-refractivity contribution is 0.102. The number of ether oxygens (including phenoxy) is 2. The Bertz CT molecular complexity index is 1020. The lowest BCUT2D eigenvalue weighted by atomic mass is 10.1. The molecule has 0 unspecified atom stereocenters. The second-order valence-corrected chi connectivity index (χ2v) is 6.40. The fourth-order valence-electron chi connectivity index (χ4n) is 2.98. The molecule has 0 aliphatic heterocycles. The van der Waals surface area contributed by atoms with Crippen molar-refractivity contribution in [2.24, 2.45) is 0 Å². The molecule has 1 aromatic heterocycles. The van der Waals surface area contributed by atoms with Gasteiger partial charge in [0.15, 0.2) is 0 Å². The molecule has 0 aliphatic rings. The summed E-state index contributed by atoms with van der Waals surface area (Å²) in [6.07, 6.45) is 2.17. The Kier molecular flexibility index (Phi) is 6.29. The standard InChI is InChI=1S/C22H24N4O3/c1-5-15-8-6-7-14(2)21(15)26-22(27)18-12-20(24-13-23-18)25-17-11-16(28-3)9-10-19(17)29-4/h6-13H,5H2,1-4H3,(H,26,27)(H,23,24,25). The highest BCUT2D eigenvalue weighted by Gasteiger charge is 2.14.